The van der Waals surface area contributed by atoms with Gasteiger partial charge in [0.15, 0.2) is 3.92 Å². The first-order valence-corrected chi connectivity index (χ1v) is 9.75. The Bertz CT molecular complexity index is 932. The van der Waals surface area contributed by atoms with E-state index in [1.165, 1.54) is 0 Å². The van der Waals surface area contributed by atoms with Crippen molar-refractivity contribution in [3.8, 4) is 0 Å². The van der Waals surface area contributed by atoms with Crippen molar-refractivity contribution in [2.75, 3.05) is 11.9 Å². The summed E-state index contributed by atoms with van der Waals surface area (Å²) < 4.78 is 5.27. The topological polar surface area (TPSA) is 140 Å². The molecule has 27 heavy (non-hydrogen) atoms. The average molecular weight is 473 g/mol. The number of hydrogen-bond donors (Lipinski definition) is 2. The number of nitrogens with zero attached hydrogens (tertiary/aromatic N) is 5. The molecule has 3 aromatic heterocycles. The molecule has 0 atom stereocenters. The zero-order chi connectivity index (χ0) is 19.8. The highest BCUT2D eigenvalue weighted by atomic mass is 79.9. The molecule has 0 unspecified atom stereocenters. The van der Waals surface area contributed by atoms with Gasteiger partial charge in [0.25, 0.3) is 0 Å². The third-order valence-electron chi connectivity index (χ3n) is 2.58. The fourth-order valence-electron chi connectivity index (χ4n) is 1.56. The van der Waals surface area contributed by atoms with Gasteiger partial charge in [-0.15, -0.1) is 20.4 Å². The predicted octanol–water partition coefficient (Wildman–Crippen LogP) is 3.16. The van der Waals surface area contributed by atoms with E-state index < -0.39 is 11.9 Å². The van der Waals surface area contributed by atoms with E-state index in [9.17, 15) is 9.59 Å². The Balaban J connectivity index is 0.000000208. The van der Waals surface area contributed by atoms with Crippen molar-refractivity contribution in [2.45, 2.75) is 13.8 Å². The highest BCUT2D eigenvalue weighted by molar-refractivity contribution is 9.11. The lowest BCUT2D eigenvalue weighted by Crippen LogP contribution is -2.03. The van der Waals surface area contributed by atoms with E-state index in [4.69, 9.17) is 5.11 Å². The highest BCUT2D eigenvalue weighted by Crippen LogP contribution is 2.19. The number of aromatic nitrogens is 5. The van der Waals surface area contributed by atoms with Crippen LogP contribution in [0.3, 0.4) is 0 Å². The summed E-state index contributed by atoms with van der Waals surface area (Å²) in [4.78, 5) is 25.7. The molecular formula is C14H13BrN6O4S2. The number of rotatable bonds is 5. The molecule has 3 rings (SSSR count). The summed E-state index contributed by atoms with van der Waals surface area (Å²) in [6.07, 6.45) is 0. The van der Waals surface area contributed by atoms with Gasteiger partial charge in [0.2, 0.25) is 15.1 Å². The minimum atomic E-state index is -1.08. The quantitative estimate of drug-likeness (QED) is 0.531. The standard InChI is InChI=1S/C9H8N4O2S.C5H5BrN2O2S/c1-5-3-2-4-6(10-5)11-9-13-12-7(16-9)8(14)15;1-2-10-4(9)3-7-8-5(6)11-3/h2-4H,1H3,(H,14,15)(H,10,11,13);2H2,1H3. The van der Waals surface area contributed by atoms with Gasteiger partial charge in [-0.05, 0) is 41.9 Å². The number of halogens is 1. The maximum Gasteiger partial charge on any atom is 0.369 e. The summed E-state index contributed by atoms with van der Waals surface area (Å²) in [6, 6.07) is 5.49. The second-order valence-electron chi connectivity index (χ2n) is 4.59. The molecular weight excluding hydrogens is 460 g/mol. The fraction of sp³-hybridized carbons (Fsp3) is 0.214. The van der Waals surface area contributed by atoms with E-state index in [1.54, 1.807) is 13.0 Å². The summed E-state index contributed by atoms with van der Waals surface area (Å²) in [5.41, 5.74) is 0.868. The molecule has 0 bridgehead atoms. The molecule has 0 saturated heterocycles. The Hall–Kier alpha value is -2.51. The molecule has 142 valence electrons. The summed E-state index contributed by atoms with van der Waals surface area (Å²) in [6.45, 7) is 3.97. The van der Waals surface area contributed by atoms with E-state index >= 15 is 0 Å². The van der Waals surface area contributed by atoms with E-state index in [-0.39, 0.29) is 10.0 Å². The van der Waals surface area contributed by atoms with Crippen LogP contribution in [0.15, 0.2) is 22.1 Å². The van der Waals surface area contributed by atoms with Crippen molar-refractivity contribution in [2.24, 2.45) is 0 Å². The van der Waals surface area contributed by atoms with Crippen molar-refractivity contribution >= 4 is 61.5 Å². The number of nitrogens with one attached hydrogen (secondary N) is 1. The molecule has 0 aliphatic carbocycles. The van der Waals surface area contributed by atoms with Crippen LogP contribution in [0.2, 0.25) is 0 Å². The smallest absolute Gasteiger partial charge is 0.369 e. The average Bonchev–Trinajstić information content (AvgIpc) is 3.25. The van der Waals surface area contributed by atoms with Crippen LogP contribution in [0.4, 0.5) is 10.9 Å². The van der Waals surface area contributed by atoms with Gasteiger partial charge in [0.05, 0.1) is 6.61 Å². The number of carboxylic acids is 1. The lowest BCUT2D eigenvalue weighted by molar-refractivity contribution is 0.0524. The second kappa shape index (κ2) is 9.99. The predicted molar refractivity (Wildman–Crippen MR) is 103 cm³/mol. The van der Waals surface area contributed by atoms with Crippen LogP contribution in [-0.2, 0) is 4.74 Å². The Kier molecular flexibility index (Phi) is 7.69. The summed E-state index contributed by atoms with van der Waals surface area (Å²) in [7, 11) is 0. The van der Waals surface area contributed by atoms with Crippen LogP contribution < -0.4 is 5.32 Å². The van der Waals surface area contributed by atoms with E-state index in [0.29, 0.717) is 21.5 Å². The first kappa shape index (κ1) is 20.8. The second-order valence-corrected chi connectivity index (χ2v) is 7.82. The molecule has 0 saturated carbocycles. The van der Waals surface area contributed by atoms with Gasteiger partial charge in [-0.2, -0.15) is 0 Å². The van der Waals surface area contributed by atoms with Crippen LogP contribution in [0.25, 0.3) is 0 Å². The number of hydrogen-bond acceptors (Lipinski definition) is 11. The number of aromatic carboxylic acids is 1. The van der Waals surface area contributed by atoms with Gasteiger partial charge in [-0.1, -0.05) is 28.7 Å². The van der Waals surface area contributed by atoms with Gasteiger partial charge in [-0.3, -0.25) is 0 Å². The normalized spacial score (nSPS) is 9.89. The summed E-state index contributed by atoms with van der Waals surface area (Å²) in [5.74, 6) is -0.883. The van der Waals surface area contributed by atoms with Crippen LogP contribution in [0.5, 0.6) is 0 Å². The molecule has 13 heteroatoms. The Morgan fingerprint density at radius 1 is 1.19 bits per heavy atom. The first-order chi connectivity index (χ1) is 12.9. The number of pyridine rings is 1. The minimum Gasteiger partial charge on any atom is -0.476 e. The molecule has 2 N–H and O–H groups in total. The fourth-order valence-corrected chi connectivity index (χ4v) is 3.16. The number of esters is 1. The summed E-state index contributed by atoms with van der Waals surface area (Å²) in [5, 5.41) is 26.6. The van der Waals surface area contributed by atoms with Crippen molar-refractivity contribution in [1.82, 2.24) is 25.4 Å². The van der Waals surface area contributed by atoms with Crippen molar-refractivity contribution in [3.05, 3.63) is 37.8 Å². The van der Waals surface area contributed by atoms with E-state index in [0.717, 1.165) is 28.4 Å². The van der Waals surface area contributed by atoms with Crippen LogP contribution in [-0.4, -0.2) is 49.0 Å². The van der Waals surface area contributed by atoms with E-state index in [1.807, 2.05) is 19.1 Å². The van der Waals surface area contributed by atoms with Gasteiger partial charge >= 0.3 is 11.9 Å². The number of carbonyl (C=O) groups is 2. The van der Waals surface area contributed by atoms with Crippen molar-refractivity contribution in [1.29, 1.82) is 0 Å². The maximum atomic E-state index is 10.9. The monoisotopic (exact) mass is 472 g/mol. The largest absolute Gasteiger partial charge is 0.476 e. The van der Waals surface area contributed by atoms with Crippen LogP contribution in [0, 0.1) is 6.92 Å². The number of carbonyl (C=O) groups excluding carboxylic acids is 1. The molecule has 3 aromatic rings. The lowest BCUT2D eigenvalue weighted by atomic mass is 10.4. The molecule has 0 spiro atoms. The molecule has 3 heterocycles. The van der Waals surface area contributed by atoms with Gasteiger partial charge in [0, 0.05) is 5.69 Å². The molecule has 0 amide bonds. The molecule has 0 radical (unpaired) electrons. The number of carboxylic acid groups (broad SMARTS) is 1. The van der Waals surface area contributed by atoms with Gasteiger partial charge < -0.3 is 15.2 Å². The lowest BCUT2D eigenvalue weighted by Gasteiger charge is -2.00. The van der Waals surface area contributed by atoms with Crippen LogP contribution >= 0.6 is 38.6 Å². The third-order valence-corrected chi connectivity index (χ3v) is 4.74. The van der Waals surface area contributed by atoms with Gasteiger partial charge in [0.1, 0.15) is 5.82 Å². The van der Waals surface area contributed by atoms with E-state index in [2.05, 4.69) is 51.4 Å². The third kappa shape index (κ3) is 6.62. The van der Waals surface area contributed by atoms with Crippen LogP contribution in [0.1, 0.15) is 32.2 Å². The molecule has 0 aliphatic heterocycles. The minimum absolute atomic E-state index is 0.0462. The molecule has 0 fully saturated rings. The Morgan fingerprint density at radius 3 is 2.48 bits per heavy atom. The molecule has 0 aromatic carbocycles. The SMILES string of the molecule is CCOC(=O)c1nnc(Br)s1.Cc1cccc(Nc2nnc(C(=O)O)s2)n1. The molecule has 10 nitrogen and oxygen atoms in total. The van der Waals surface area contributed by atoms with Crippen molar-refractivity contribution < 1.29 is 19.4 Å². The highest BCUT2D eigenvalue weighted by Gasteiger charge is 2.12. The number of aryl methyl sites for hydroxylation is 1. The zero-order valence-corrected chi connectivity index (χ0v) is 17.3. The zero-order valence-electron chi connectivity index (χ0n) is 14.0. The number of anilines is 2. The summed E-state index contributed by atoms with van der Waals surface area (Å²) >= 11 is 5.21. The van der Waals surface area contributed by atoms with Crippen molar-refractivity contribution in [3.63, 3.8) is 0 Å². The first-order valence-electron chi connectivity index (χ1n) is 7.32. The Labute approximate surface area is 169 Å². The number of ether oxygens (including phenoxy) is 1. The Morgan fingerprint density at radius 2 is 1.93 bits per heavy atom. The van der Waals surface area contributed by atoms with Gasteiger partial charge in [-0.25, -0.2) is 14.6 Å². The maximum absolute atomic E-state index is 10.9. The molecule has 0 aliphatic rings.